The predicted octanol–water partition coefficient (Wildman–Crippen LogP) is 5.03. The molecule has 0 bridgehead atoms. The molecule has 0 aliphatic heterocycles. The Balaban J connectivity index is 1.79. The number of anilines is 1. The highest BCUT2D eigenvalue weighted by Crippen LogP contribution is 2.27. The fourth-order valence-electron chi connectivity index (χ4n) is 2.69. The third-order valence-corrected chi connectivity index (χ3v) is 4.27. The fourth-order valence-corrected chi connectivity index (χ4v) is 2.86. The lowest BCUT2D eigenvalue weighted by Crippen LogP contribution is -2.12. The Labute approximate surface area is 110 Å². The van der Waals surface area contributed by atoms with Crippen molar-refractivity contribution in [3.63, 3.8) is 0 Å². The molecular formula is C15H22ClN. The third kappa shape index (κ3) is 3.64. The first kappa shape index (κ1) is 12.8. The minimum Gasteiger partial charge on any atom is -0.385 e. The quantitative estimate of drug-likeness (QED) is 0.791. The normalized spacial score (nSPS) is 17.1. The van der Waals surface area contributed by atoms with Crippen LogP contribution < -0.4 is 5.32 Å². The van der Waals surface area contributed by atoms with Crippen LogP contribution in [0.25, 0.3) is 0 Å². The maximum Gasteiger partial charge on any atom is 0.0455 e. The van der Waals surface area contributed by atoms with Crippen molar-refractivity contribution in [2.24, 2.45) is 5.92 Å². The van der Waals surface area contributed by atoms with Crippen molar-refractivity contribution in [2.45, 2.75) is 45.4 Å². The van der Waals surface area contributed by atoms with Gasteiger partial charge in [-0.25, -0.2) is 0 Å². The number of hydrogen-bond acceptors (Lipinski definition) is 1. The van der Waals surface area contributed by atoms with Gasteiger partial charge in [0.2, 0.25) is 0 Å². The monoisotopic (exact) mass is 251 g/mol. The molecule has 1 saturated carbocycles. The van der Waals surface area contributed by atoms with Crippen LogP contribution in [0.2, 0.25) is 5.02 Å². The zero-order valence-corrected chi connectivity index (χ0v) is 11.4. The molecule has 1 fully saturated rings. The summed E-state index contributed by atoms with van der Waals surface area (Å²) in [4.78, 5) is 0. The first-order chi connectivity index (χ1) is 8.27. The molecule has 0 atom stereocenters. The maximum absolute atomic E-state index is 6.10. The highest BCUT2D eigenvalue weighted by molar-refractivity contribution is 6.31. The Kier molecular flexibility index (Phi) is 4.73. The van der Waals surface area contributed by atoms with Gasteiger partial charge in [0.15, 0.2) is 0 Å². The van der Waals surface area contributed by atoms with Crippen LogP contribution >= 0.6 is 11.6 Å². The van der Waals surface area contributed by atoms with Crippen LogP contribution in [0.1, 0.15) is 44.1 Å². The first-order valence-electron chi connectivity index (χ1n) is 6.76. The zero-order valence-electron chi connectivity index (χ0n) is 10.6. The van der Waals surface area contributed by atoms with Gasteiger partial charge in [0, 0.05) is 17.3 Å². The van der Waals surface area contributed by atoms with Crippen molar-refractivity contribution < 1.29 is 0 Å². The van der Waals surface area contributed by atoms with Gasteiger partial charge in [-0.05, 0) is 37.0 Å². The van der Waals surface area contributed by atoms with Crippen molar-refractivity contribution in [3.8, 4) is 0 Å². The number of nitrogens with one attached hydrogen (secondary N) is 1. The summed E-state index contributed by atoms with van der Waals surface area (Å²) in [5, 5.41) is 4.37. The highest BCUT2D eigenvalue weighted by atomic mass is 35.5. The summed E-state index contributed by atoms with van der Waals surface area (Å²) >= 11 is 6.10. The Morgan fingerprint density at radius 2 is 2.00 bits per heavy atom. The van der Waals surface area contributed by atoms with Crippen LogP contribution in [0.5, 0.6) is 0 Å². The van der Waals surface area contributed by atoms with Gasteiger partial charge in [-0.15, -0.1) is 0 Å². The zero-order chi connectivity index (χ0) is 12.1. The number of halogens is 1. The molecule has 1 aromatic rings. The fraction of sp³-hybridized carbons (Fsp3) is 0.600. The van der Waals surface area contributed by atoms with E-state index in [0.29, 0.717) is 0 Å². The summed E-state index contributed by atoms with van der Waals surface area (Å²) in [6, 6.07) is 6.07. The summed E-state index contributed by atoms with van der Waals surface area (Å²) in [7, 11) is 0. The molecule has 1 aliphatic rings. The van der Waals surface area contributed by atoms with E-state index in [1.165, 1.54) is 44.2 Å². The molecule has 0 amide bonds. The van der Waals surface area contributed by atoms with Crippen molar-refractivity contribution in [3.05, 3.63) is 28.8 Å². The van der Waals surface area contributed by atoms with E-state index >= 15 is 0 Å². The van der Waals surface area contributed by atoms with E-state index in [0.717, 1.165) is 23.0 Å². The van der Waals surface area contributed by atoms with Gasteiger partial charge in [0.05, 0.1) is 0 Å². The molecule has 94 valence electrons. The predicted molar refractivity (Wildman–Crippen MR) is 75.9 cm³/mol. The SMILES string of the molecule is Cc1c(Cl)cccc1NCCC1CCCCC1. The molecule has 0 spiro atoms. The van der Waals surface area contributed by atoms with Gasteiger partial charge in [-0.1, -0.05) is 49.8 Å². The number of benzene rings is 1. The van der Waals surface area contributed by atoms with Crippen LogP contribution in [0.15, 0.2) is 18.2 Å². The van der Waals surface area contributed by atoms with Crippen LogP contribution in [0.4, 0.5) is 5.69 Å². The summed E-state index contributed by atoms with van der Waals surface area (Å²) in [5.41, 5.74) is 2.35. The van der Waals surface area contributed by atoms with Gasteiger partial charge in [0.1, 0.15) is 0 Å². The van der Waals surface area contributed by atoms with Crippen LogP contribution in [0.3, 0.4) is 0 Å². The summed E-state index contributed by atoms with van der Waals surface area (Å²) in [6.45, 7) is 3.15. The van der Waals surface area contributed by atoms with Gasteiger partial charge in [-0.2, -0.15) is 0 Å². The Morgan fingerprint density at radius 3 is 2.76 bits per heavy atom. The highest BCUT2D eigenvalue weighted by Gasteiger charge is 2.12. The Bertz CT molecular complexity index is 356. The summed E-state index contributed by atoms with van der Waals surface area (Å²) < 4.78 is 0. The van der Waals surface area contributed by atoms with Crippen molar-refractivity contribution >= 4 is 17.3 Å². The third-order valence-electron chi connectivity index (χ3n) is 3.86. The minimum atomic E-state index is 0.854. The second-order valence-electron chi connectivity index (χ2n) is 5.13. The average molecular weight is 252 g/mol. The molecule has 0 radical (unpaired) electrons. The topological polar surface area (TPSA) is 12.0 Å². The van der Waals surface area contributed by atoms with E-state index in [1.54, 1.807) is 0 Å². The van der Waals surface area contributed by atoms with E-state index in [-0.39, 0.29) is 0 Å². The second-order valence-corrected chi connectivity index (χ2v) is 5.54. The molecule has 1 aliphatic carbocycles. The van der Waals surface area contributed by atoms with Crippen LogP contribution in [0, 0.1) is 12.8 Å². The lowest BCUT2D eigenvalue weighted by atomic mass is 9.87. The summed E-state index contributed by atoms with van der Waals surface area (Å²) in [6.07, 6.45) is 8.46. The van der Waals surface area contributed by atoms with Gasteiger partial charge >= 0.3 is 0 Å². The Hall–Kier alpha value is -0.690. The first-order valence-corrected chi connectivity index (χ1v) is 7.14. The van der Waals surface area contributed by atoms with Crippen molar-refractivity contribution in [1.29, 1.82) is 0 Å². The molecule has 17 heavy (non-hydrogen) atoms. The Morgan fingerprint density at radius 1 is 1.24 bits per heavy atom. The van der Waals surface area contributed by atoms with Crippen molar-refractivity contribution in [2.75, 3.05) is 11.9 Å². The molecule has 2 heteroatoms. The maximum atomic E-state index is 6.10. The van der Waals surface area contributed by atoms with Crippen LogP contribution in [-0.4, -0.2) is 6.54 Å². The van der Waals surface area contributed by atoms with Crippen LogP contribution in [-0.2, 0) is 0 Å². The molecule has 1 aromatic carbocycles. The molecule has 2 rings (SSSR count). The molecule has 0 heterocycles. The summed E-state index contributed by atoms with van der Waals surface area (Å²) in [5.74, 6) is 0.941. The minimum absolute atomic E-state index is 0.854. The standard InChI is InChI=1S/C15H22ClN/c1-12-14(16)8-5-9-15(12)17-11-10-13-6-3-2-4-7-13/h5,8-9,13,17H,2-4,6-7,10-11H2,1H3. The van der Waals surface area contributed by atoms with Gasteiger partial charge in [0.25, 0.3) is 0 Å². The smallest absolute Gasteiger partial charge is 0.0455 e. The molecular weight excluding hydrogens is 230 g/mol. The lowest BCUT2D eigenvalue weighted by molar-refractivity contribution is 0.345. The molecule has 0 saturated heterocycles. The molecule has 1 nitrogen and oxygen atoms in total. The van der Waals surface area contributed by atoms with E-state index in [2.05, 4.69) is 18.3 Å². The van der Waals surface area contributed by atoms with E-state index in [4.69, 9.17) is 11.6 Å². The van der Waals surface area contributed by atoms with E-state index in [9.17, 15) is 0 Å². The largest absolute Gasteiger partial charge is 0.385 e. The molecule has 0 unspecified atom stereocenters. The number of rotatable bonds is 4. The number of hydrogen-bond donors (Lipinski definition) is 1. The van der Waals surface area contributed by atoms with E-state index in [1.807, 2.05) is 12.1 Å². The van der Waals surface area contributed by atoms with Crippen molar-refractivity contribution in [1.82, 2.24) is 0 Å². The lowest BCUT2D eigenvalue weighted by Gasteiger charge is -2.22. The van der Waals surface area contributed by atoms with Gasteiger partial charge in [-0.3, -0.25) is 0 Å². The van der Waals surface area contributed by atoms with E-state index < -0.39 is 0 Å². The molecule has 1 N–H and O–H groups in total. The molecule has 0 aromatic heterocycles. The van der Waals surface area contributed by atoms with Gasteiger partial charge < -0.3 is 5.32 Å². The second kappa shape index (κ2) is 6.30. The average Bonchev–Trinajstić information content (AvgIpc) is 2.36.